The highest BCUT2D eigenvalue weighted by Gasteiger charge is 2.25. The van der Waals surface area contributed by atoms with Crippen LogP contribution in [0, 0.1) is 0 Å². The molecular weight excluding hydrogens is 1040 g/mol. The third kappa shape index (κ3) is 66.3. The minimum absolute atomic E-state index is 0.177. The van der Waals surface area contributed by atoms with Crippen molar-refractivity contribution in [2.45, 2.75) is 341 Å². The number of esters is 2. The molecule has 0 bridgehead atoms. The number of hydrogen-bond donors (Lipinski definition) is 1. The van der Waals surface area contributed by atoms with Crippen LogP contribution < -0.4 is 0 Å². The van der Waals surface area contributed by atoms with Crippen molar-refractivity contribution in [1.29, 1.82) is 0 Å². The summed E-state index contributed by atoms with van der Waals surface area (Å²) in [6, 6.07) is 0. The van der Waals surface area contributed by atoms with Gasteiger partial charge in [0.05, 0.1) is 34.4 Å². The van der Waals surface area contributed by atoms with Crippen molar-refractivity contribution < 1.29 is 42.9 Å². The second-order valence-corrected chi connectivity index (χ2v) is 25.2. The summed E-state index contributed by atoms with van der Waals surface area (Å²) in [6.07, 6.45) is 84.6. The van der Waals surface area contributed by atoms with Crippen LogP contribution >= 0.6 is 0 Å². The molecule has 0 saturated heterocycles. The van der Waals surface area contributed by atoms with E-state index in [2.05, 4.69) is 86.8 Å². The van der Waals surface area contributed by atoms with Gasteiger partial charge in [-0.05, 0) is 64.2 Å². The quantitative estimate of drug-likeness (QED) is 0.0211. The minimum Gasteiger partial charge on any atom is -0.477 e. The topological polar surface area (TPSA) is 108 Å². The normalized spacial score (nSPS) is 13.1. The van der Waals surface area contributed by atoms with E-state index in [-0.39, 0.29) is 38.2 Å². The van der Waals surface area contributed by atoms with Crippen molar-refractivity contribution in [3.05, 3.63) is 72.9 Å². The van der Waals surface area contributed by atoms with E-state index >= 15 is 0 Å². The number of aliphatic carboxylic acids is 1. The van der Waals surface area contributed by atoms with Crippen LogP contribution in [0.2, 0.25) is 0 Å². The summed E-state index contributed by atoms with van der Waals surface area (Å²) in [6.45, 7) is 4.81. The number of carbonyl (C=O) groups excluding carboxylic acids is 2. The van der Waals surface area contributed by atoms with Crippen molar-refractivity contribution in [2.75, 3.05) is 47.5 Å². The van der Waals surface area contributed by atoms with Gasteiger partial charge in [0.2, 0.25) is 0 Å². The fourth-order valence-electron chi connectivity index (χ4n) is 10.3. The zero-order valence-electron chi connectivity index (χ0n) is 55.8. The lowest BCUT2D eigenvalue weighted by atomic mass is 10.0. The Balaban J connectivity index is 3.97. The molecular formula is C75H136NO8+. The lowest BCUT2D eigenvalue weighted by Crippen LogP contribution is -2.40. The average molecular weight is 1180 g/mol. The van der Waals surface area contributed by atoms with Gasteiger partial charge >= 0.3 is 17.9 Å². The standard InChI is InChI=1S/C75H135NO8/c1-6-8-10-12-14-16-18-20-22-24-26-27-28-29-30-31-32-33-34-35-36-37-38-39-40-41-42-43-44-45-46-47-48-50-52-54-56-58-60-62-64-66-73(78)84-71(70-83-75(74(79)80)81-68-67-76(3,4)5)69-82-72(77)65-63-61-59-57-55-53-51-49-25-23-21-19-17-15-13-11-9-7-2/h8,10,14,16,20,22,26-27,29-30,32-33,71,75H,6-7,9,11-13,15,17-19,21,23-25,28,31,34-70H2,1-5H3/p+1/b10-8-,16-14-,22-20-,27-26-,30-29-,33-32-. The van der Waals surface area contributed by atoms with Gasteiger partial charge in [-0.25, -0.2) is 4.79 Å². The zero-order chi connectivity index (χ0) is 61.2. The molecule has 1 N–H and O–H groups in total. The minimum atomic E-state index is -1.51. The van der Waals surface area contributed by atoms with Gasteiger partial charge in [-0.2, -0.15) is 0 Å². The first kappa shape index (κ1) is 80.7. The van der Waals surface area contributed by atoms with Gasteiger partial charge in [0, 0.05) is 12.8 Å². The Bertz CT molecular complexity index is 1610. The van der Waals surface area contributed by atoms with Crippen LogP contribution in [-0.2, 0) is 33.3 Å². The summed E-state index contributed by atoms with van der Waals surface area (Å²) < 4.78 is 23.0. The van der Waals surface area contributed by atoms with Crippen LogP contribution in [-0.4, -0.2) is 87.4 Å². The lowest BCUT2D eigenvalue weighted by molar-refractivity contribution is -0.870. The highest BCUT2D eigenvalue weighted by molar-refractivity contribution is 5.71. The molecule has 0 aliphatic heterocycles. The summed E-state index contributed by atoms with van der Waals surface area (Å²) in [5.41, 5.74) is 0. The summed E-state index contributed by atoms with van der Waals surface area (Å²) in [4.78, 5) is 37.6. The average Bonchev–Trinajstić information content (AvgIpc) is 3.52. The largest absolute Gasteiger partial charge is 0.477 e. The number of rotatable bonds is 66. The molecule has 2 unspecified atom stereocenters. The highest BCUT2D eigenvalue weighted by atomic mass is 16.7. The third-order valence-corrected chi connectivity index (χ3v) is 15.7. The van der Waals surface area contributed by atoms with Crippen molar-refractivity contribution in [1.82, 2.24) is 0 Å². The van der Waals surface area contributed by atoms with Crippen LogP contribution in [0.1, 0.15) is 328 Å². The Labute approximate surface area is 519 Å². The van der Waals surface area contributed by atoms with Crippen molar-refractivity contribution in [3.63, 3.8) is 0 Å². The molecule has 2 atom stereocenters. The number of carbonyl (C=O) groups is 3. The molecule has 0 spiro atoms. The molecule has 488 valence electrons. The van der Waals surface area contributed by atoms with Gasteiger partial charge < -0.3 is 28.5 Å². The maximum absolute atomic E-state index is 12.9. The molecule has 0 heterocycles. The molecule has 0 aliphatic rings. The Hall–Kier alpha value is -3.27. The molecule has 0 aromatic carbocycles. The van der Waals surface area contributed by atoms with Gasteiger partial charge in [0.1, 0.15) is 13.2 Å². The van der Waals surface area contributed by atoms with Gasteiger partial charge in [0.25, 0.3) is 6.29 Å². The number of carboxylic acid groups (broad SMARTS) is 1. The molecule has 84 heavy (non-hydrogen) atoms. The number of allylic oxidation sites excluding steroid dienone is 12. The molecule has 0 radical (unpaired) electrons. The monoisotopic (exact) mass is 1180 g/mol. The summed E-state index contributed by atoms with van der Waals surface area (Å²) in [7, 11) is 5.99. The molecule has 0 rings (SSSR count). The molecule has 0 amide bonds. The number of carboxylic acids is 1. The third-order valence-electron chi connectivity index (χ3n) is 15.7. The SMILES string of the molecule is CC/C=C\C/C=C\C/C=C\C/C=C\C/C=C\C/C=C\CCCCCCCCCCCCCCCCCCCCCCCCC(=O)OC(COC(=O)CCCCCCCCCCCCCCCCCCCC)COC(OCC[N+](C)(C)C)C(=O)O. The van der Waals surface area contributed by atoms with Gasteiger partial charge in [-0.1, -0.05) is 324 Å². The lowest BCUT2D eigenvalue weighted by Gasteiger charge is -2.25. The van der Waals surface area contributed by atoms with Crippen LogP contribution in [0.15, 0.2) is 72.9 Å². The van der Waals surface area contributed by atoms with Crippen LogP contribution in [0.25, 0.3) is 0 Å². The van der Waals surface area contributed by atoms with E-state index in [4.69, 9.17) is 18.9 Å². The number of hydrogen-bond acceptors (Lipinski definition) is 7. The molecule has 0 aromatic heterocycles. The molecule has 9 nitrogen and oxygen atoms in total. The summed E-state index contributed by atoms with van der Waals surface area (Å²) >= 11 is 0. The van der Waals surface area contributed by atoms with E-state index in [0.29, 0.717) is 17.4 Å². The molecule has 9 heteroatoms. The first-order chi connectivity index (χ1) is 41.1. The Morgan fingerprint density at radius 2 is 0.679 bits per heavy atom. The Morgan fingerprint density at radius 1 is 0.369 bits per heavy atom. The Kier molecular flexibility index (Phi) is 63.1. The predicted octanol–water partition coefficient (Wildman–Crippen LogP) is 22.1. The van der Waals surface area contributed by atoms with E-state index in [0.717, 1.165) is 77.0 Å². The second-order valence-electron chi connectivity index (χ2n) is 25.2. The maximum atomic E-state index is 12.9. The van der Waals surface area contributed by atoms with E-state index in [1.54, 1.807) is 0 Å². The molecule has 0 aromatic rings. The molecule has 0 fully saturated rings. The first-order valence-electron chi connectivity index (χ1n) is 35.6. The number of unbranched alkanes of at least 4 members (excludes halogenated alkanes) is 39. The zero-order valence-corrected chi connectivity index (χ0v) is 55.8. The Morgan fingerprint density at radius 3 is 1.01 bits per heavy atom. The van der Waals surface area contributed by atoms with E-state index in [9.17, 15) is 19.5 Å². The summed E-state index contributed by atoms with van der Waals surface area (Å²) in [5, 5.41) is 9.74. The number of quaternary nitrogens is 1. The van der Waals surface area contributed by atoms with Crippen LogP contribution in [0.5, 0.6) is 0 Å². The van der Waals surface area contributed by atoms with E-state index < -0.39 is 18.4 Å². The predicted molar refractivity (Wildman–Crippen MR) is 359 cm³/mol. The van der Waals surface area contributed by atoms with E-state index in [1.807, 2.05) is 21.1 Å². The van der Waals surface area contributed by atoms with Crippen molar-refractivity contribution >= 4 is 17.9 Å². The van der Waals surface area contributed by atoms with Crippen molar-refractivity contribution in [2.24, 2.45) is 0 Å². The van der Waals surface area contributed by atoms with Crippen LogP contribution in [0.4, 0.5) is 0 Å². The second kappa shape index (κ2) is 65.7. The van der Waals surface area contributed by atoms with Gasteiger partial charge in [-0.3, -0.25) is 9.59 Å². The van der Waals surface area contributed by atoms with Gasteiger partial charge in [-0.15, -0.1) is 0 Å². The van der Waals surface area contributed by atoms with Gasteiger partial charge in [0.15, 0.2) is 6.10 Å². The first-order valence-corrected chi connectivity index (χ1v) is 35.6. The molecule has 0 saturated carbocycles. The fraction of sp³-hybridized carbons (Fsp3) is 0.800. The number of likely N-dealkylation sites (N-methyl/N-ethyl adjacent to an activating group) is 1. The highest BCUT2D eigenvalue weighted by Crippen LogP contribution is 2.18. The number of nitrogens with zero attached hydrogens (tertiary/aromatic N) is 1. The fourth-order valence-corrected chi connectivity index (χ4v) is 10.3. The number of ether oxygens (including phenoxy) is 4. The molecule has 0 aliphatic carbocycles. The maximum Gasteiger partial charge on any atom is 0.361 e. The van der Waals surface area contributed by atoms with Crippen LogP contribution in [0.3, 0.4) is 0 Å². The smallest absolute Gasteiger partial charge is 0.361 e. The van der Waals surface area contributed by atoms with Crippen molar-refractivity contribution in [3.8, 4) is 0 Å². The van der Waals surface area contributed by atoms with E-state index in [1.165, 1.54) is 225 Å². The summed E-state index contributed by atoms with van der Waals surface area (Å²) in [5.74, 6) is -1.98.